The van der Waals surface area contributed by atoms with Gasteiger partial charge in [0.05, 0.1) is 11.3 Å². The Balaban J connectivity index is 1.94. The first-order chi connectivity index (χ1) is 10.8. The number of hydrogen-bond donors (Lipinski definition) is 2. The van der Waals surface area contributed by atoms with Crippen LogP contribution in [0.4, 0.5) is 4.79 Å². The Morgan fingerprint density at radius 3 is 2.26 bits per heavy atom. The van der Waals surface area contributed by atoms with Gasteiger partial charge in [-0.05, 0) is 32.9 Å². The fraction of sp³-hybridized carbons (Fsp3) is 0.235. The summed E-state index contributed by atoms with van der Waals surface area (Å²) in [7, 11) is 0. The zero-order valence-corrected chi connectivity index (χ0v) is 13.3. The molecular weight excluding hydrogens is 294 g/mol. The molecule has 0 saturated heterocycles. The Morgan fingerprint density at radius 2 is 1.70 bits per heavy atom. The molecule has 2 N–H and O–H groups in total. The van der Waals surface area contributed by atoms with Crippen molar-refractivity contribution in [3.8, 4) is 11.3 Å². The monoisotopic (exact) mass is 313 g/mol. The Labute approximate surface area is 134 Å². The van der Waals surface area contributed by atoms with Gasteiger partial charge in [0.2, 0.25) is 0 Å². The van der Waals surface area contributed by atoms with Gasteiger partial charge in [-0.15, -0.1) is 0 Å². The molecule has 1 aromatic heterocycles. The molecule has 0 spiro atoms. The lowest BCUT2D eigenvalue weighted by Crippen LogP contribution is -2.44. The third-order valence-electron chi connectivity index (χ3n) is 2.77. The van der Waals surface area contributed by atoms with Crippen molar-refractivity contribution in [1.29, 1.82) is 0 Å². The SMILES string of the molecule is CC(C)(C)OC(=O)NNC(=O)c1ccc(-c2ccccc2)nc1. The number of aromatic nitrogens is 1. The molecular formula is C17H19N3O3. The number of hydrazine groups is 1. The summed E-state index contributed by atoms with van der Waals surface area (Å²) >= 11 is 0. The molecule has 0 aliphatic rings. The van der Waals surface area contributed by atoms with Crippen LogP contribution in [-0.4, -0.2) is 22.6 Å². The summed E-state index contributed by atoms with van der Waals surface area (Å²) in [6, 6.07) is 13.0. The van der Waals surface area contributed by atoms with Crippen LogP contribution in [0.3, 0.4) is 0 Å². The Kier molecular flexibility index (Phi) is 4.95. The summed E-state index contributed by atoms with van der Waals surface area (Å²) in [5, 5.41) is 0. The molecule has 0 aliphatic heterocycles. The molecule has 0 radical (unpaired) electrons. The maximum absolute atomic E-state index is 11.9. The highest BCUT2D eigenvalue weighted by molar-refractivity contribution is 5.94. The van der Waals surface area contributed by atoms with Crippen molar-refractivity contribution in [2.75, 3.05) is 0 Å². The average Bonchev–Trinajstić information content (AvgIpc) is 2.52. The van der Waals surface area contributed by atoms with Gasteiger partial charge in [0.1, 0.15) is 5.60 Å². The molecule has 23 heavy (non-hydrogen) atoms. The van der Waals surface area contributed by atoms with E-state index in [2.05, 4.69) is 15.8 Å². The van der Waals surface area contributed by atoms with Crippen LogP contribution in [0, 0.1) is 0 Å². The number of nitrogens with one attached hydrogen (secondary N) is 2. The number of rotatable bonds is 2. The Morgan fingerprint density at radius 1 is 1.00 bits per heavy atom. The molecule has 1 heterocycles. The lowest BCUT2D eigenvalue weighted by Gasteiger charge is -2.19. The number of carbonyl (C=O) groups excluding carboxylic acids is 2. The molecule has 0 aliphatic carbocycles. The second-order valence-electron chi connectivity index (χ2n) is 5.88. The summed E-state index contributed by atoms with van der Waals surface area (Å²) in [5.74, 6) is -0.469. The fourth-order valence-corrected chi connectivity index (χ4v) is 1.79. The molecule has 2 amide bonds. The van der Waals surface area contributed by atoms with Crippen LogP contribution >= 0.6 is 0 Å². The Hall–Kier alpha value is -2.89. The minimum absolute atomic E-state index is 0.334. The second-order valence-corrected chi connectivity index (χ2v) is 5.88. The zero-order chi connectivity index (χ0) is 16.9. The quantitative estimate of drug-likeness (QED) is 0.835. The standard InChI is InChI=1S/C17H19N3O3/c1-17(2,3)23-16(22)20-19-15(21)13-9-10-14(18-11-13)12-7-5-4-6-8-12/h4-11H,1-3H3,(H,19,21)(H,20,22). The van der Waals surface area contributed by atoms with Crippen molar-refractivity contribution in [1.82, 2.24) is 15.8 Å². The van der Waals surface area contributed by atoms with E-state index in [0.717, 1.165) is 11.3 Å². The lowest BCUT2D eigenvalue weighted by molar-refractivity contribution is 0.0483. The summed E-state index contributed by atoms with van der Waals surface area (Å²) in [6.07, 6.45) is 0.730. The van der Waals surface area contributed by atoms with E-state index < -0.39 is 17.6 Å². The highest BCUT2D eigenvalue weighted by atomic mass is 16.6. The highest BCUT2D eigenvalue weighted by Crippen LogP contribution is 2.16. The minimum Gasteiger partial charge on any atom is -0.443 e. The van der Waals surface area contributed by atoms with Crippen molar-refractivity contribution >= 4 is 12.0 Å². The molecule has 0 saturated carbocycles. The number of carbonyl (C=O) groups is 2. The van der Waals surface area contributed by atoms with E-state index in [4.69, 9.17) is 4.74 Å². The number of amides is 2. The van der Waals surface area contributed by atoms with E-state index >= 15 is 0 Å². The van der Waals surface area contributed by atoms with Crippen molar-refractivity contribution in [2.45, 2.75) is 26.4 Å². The summed E-state index contributed by atoms with van der Waals surface area (Å²) in [4.78, 5) is 27.7. The first kappa shape index (κ1) is 16.5. The smallest absolute Gasteiger partial charge is 0.426 e. The lowest BCUT2D eigenvalue weighted by atomic mass is 10.1. The molecule has 0 atom stereocenters. The summed E-state index contributed by atoms with van der Waals surface area (Å²) < 4.78 is 5.02. The number of pyridine rings is 1. The fourth-order valence-electron chi connectivity index (χ4n) is 1.79. The maximum Gasteiger partial charge on any atom is 0.426 e. The van der Waals surface area contributed by atoms with Gasteiger partial charge >= 0.3 is 6.09 Å². The van der Waals surface area contributed by atoms with Gasteiger partial charge in [0, 0.05) is 11.8 Å². The van der Waals surface area contributed by atoms with Crippen LogP contribution in [-0.2, 0) is 4.74 Å². The summed E-state index contributed by atoms with van der Waals surface area (Å²) in [6.45, 7) is 5.21. The van der Waals surface area contributed by atoms with Gasteiger partial charge in [-0.25, -0.2) is 10.2 Å². The molecule has 120 valence electrons. The van der Waals surface area contributed by atoms with Gasteiger partial charge in [-0.3, -0.25) is 15.2 Å². The van der Waals surface area contributed by atoms with Gasteiger partial charge in [0.25, 0.3) is 5.91 Å². The van der Waals surface area contributed by atoms with E-state index in [1.165, 1.54) is 6.20 Å². The van der Waals surface area contributed by atoms with Gasteiger partial charge < -0.3 is 4.74 Å². The molecule has 1 aromatic carbocycles. The van der Waals surface area contributed by atoms with Gasteiger partial charge in [-0.1, -0.05) is 30.3 Å². The van der Waals surface area contributed by atoms with E-state index in [9.17, 15) is 9.59 Å². The van der Waals surface area contributed by atoms with Crippen molar-refractivity contribution in [3.63, 3.8) is 0 Å². The topological polar surface area (TPSA) is 80.3 Å². The van der Waals surface area contributed by atoms with Gasteiger partial charge in [-0.2, -0.15) is 0 Å². The minimum atomic E-state index is -0.722. The number of ether oxygens (including phenoxy) is 1. The van der Waals surface area contributed by atoms with E-state index in [1.807, 2.05) is 30.3 Å². The molecule has 0 unspecified atom stereocenters. The van der Waals surface area contributed by atoms with Crippen LogP contribution < -0.4 is 10.9 Å². The van der Waals surface area contributed by atoms with E-state index in [1.54, 1.807) is 32.9 Å². The third-order valence-corrected chi connectivity index (χ3v) is 2.77. The number of benzene rings is 1. The summed E-state index contributed by atoms with van der Waals surface area (Å²) in [5.41, 5.74) is 5.91. The predicted octanol–water partition coefficient (Wildman–Crippen LogP) is 2.92. The van der Waals surface area contributed by atoms with Crippen molar-refractivity contribution in [3.05, 3.63) is 54.2 Å². The largest absolute Gasteiger partial charge is 0.443 e. The molecule has 6 nitrogen and oxygen atoms in total. The highest BCUT2D eigenvalue weighted by Gasteiger charge is 2.16. The second kappa shape index (κ2) is 6.91. The molecule has 0 bridgehead atoms. The number of hydrogen-bond acceptors (Lipinski definition) is 4. The molecule has 6 heteroatoms. The molecule has 2 rings (SSSR count). The van der Waals surface area contributed by atoms with Gasteiger partial charge in [0.15, 0.2) is 0 Å². The zero-order valence-electron chi connectivity index (χ0n) is 13.3. The van der Waals surface area contributed by atoms with E-state index in [0.29, 0.717) is 5.56 Å². The normalized spacial score (nSPS) is 10.7. The first-order valence-electron chi connectivity index (χ1n) is 7.16. The van der Waals surface area contributed by atoms with Crippen LogP contribution in [0.25, 0.3) is 11.3 Å². The first-order valence-corrected chi connectivity index (χ1v) is 7.16. The molecule has 0 fully saturated rings. The van der Waals surface area contributed by atoms with E-state index in [-0.39, 0.29) is 0 Å². The van der Waals surface area contributed by atoms with Crippen LogP contribution in [0.15, 0.2) is 48.7 Å². The van der Waals surface area contributed by atoms with Crippen molar-refractivity contribution < 1.29 is 14.3 Å². The van der Waals surface area contributed by atoms with Crippen molar-refractivity contribution in [2.24, 2.45) is 0 Å². The predicted molar refractivity (Wildman–Crippen MR) is 86.5 cm³/mol. The van der Waals surface area contributed by atoms with Crippen LogP contribution in [0.2, 0.25) is 0 Å². The Bertz CT molecular complexity index is 676. The maximum atomic E-state index is 11.9. The average molecular weight is 313 g/mol. The number of nitrogens with zero attached hydrogens (tertiary/aromatic N) is 1. The third kappa shape index (κ3) is 5.10. The van der Waals surface area contributed by atoms with Crippen LogP contribution in [0.1, 0.15) is 31.1 Å². The molecule has 2 aromatic rings. The van der Waals surface area contributed by atoms with Crippen LogP contribution in [0.5, 0.6) is 0 Å².